The summed E-state index contributed by atoms with van der Waals surface area (Å²) in [6.07, 6.45) is 25.1. The van der Waals surface area contributed by atoms with Crippen LogP contribution in [0.3, 0.4) is 0 Å². The molecule has 4 aliphatic rings. The van der Waals surface area contributed by atoms with E-state index >= 15 is 0 Å². The van der Waals surface area contributed by atoms with Gasteiger partial charge in [-0.15, -0.1) is 0 Å². The van der Waals surface area contributed by atoms with Crippen molar-refractivity contribution in [3.63, 3.8) is 0 Å². The fraction of sp³-hybridized carbons (Fsp3) is 0.500. The molecule has 0 saturated heterocycles. The van der Waals surface area contributed by atoms with Crippen LogP contribution in [-0.4, -0.2) is 19.0 Å². The number of allylic oxidation sites excluding steroid dienone is 8. The van der Waals surface area contributed by atoms with E-state index in [0.29, 0.717) is 29.8 Å². The molecule has 23 heavy (non-hydrogen) atoms. The Hall–Kier alpha value is -1.48. The Kier molecular flexibility index (Phi) is 3.64. The predicted molar refractivity (Wildman–Crippen MR) is 99.9 cm³/mol. The lowest BCUT2D eigenvalue weighted by Crippen LogP contribution is -2.56. The van der Waals surface area contributed by atoms with Crippen LogP contribution in [0, 0.1) is 23.7 Å². The van der Waals surface area contributed by atoms with Crippen molar-refractivity contribution in [3.05, 3.63) is 61.0 Å². The van der Waals surface area contributed by atoms with Crippen LogP contribution >= 0.6 is 0 Å². The molecule has 0 bridgehead atoms. The number of nitrogens with one attached hydrogen (secondary N) is 1. The van der Waals surface area contributed by atoms with Crippen LogP contribution in [0.5, 0.6) is 0 Å². The van der Waals surface area contributed by atoms with Crippen molar-refractivity contribution >= 4 is 8.24 Å². The van der Waals surface area contributed by atoms with Crippen molar-refractivity contribution < 1.29 is 0 Å². The number of rotatable bonds is 3. The first-order chi connectivity index (χ1) is 11.1. The highest BCUT2D eigenvalue weighted by Gasteiger charge is 2.56. The third-order valence-electron chi connectivity index (χ3n) is 6.45. The van der Waals surface area contributed by atoms with E-state index in [4.69, 9.17) is 0 Å². The maximum absolute atomic E-state index is 3.55. The number of hydrogen-bond acceptors (Lipinski definition) is 2. The van der Waals surface area contributed by atoms with Gasteiger partial charge in [-0.05, 0) is 35.6 Å². The Labute approximate surface area is 141 Å². The van der Waals surface area contributed by atoms with Gasteiger partial charge < -0.3 is 9.88 Å². The molecule has 0 aromatic heterocycles. The standard InChI is InChI=1S/C20H28N2Si/c1-4-19-21-13-14-22(19)23(2,3)20-17-11-7-5-9-15(17)16-10-6-8-12-18(16)20/h5-21H,4H2,1-3H3/t15?,16?,17?,18?,19-,20?/m0/s1. The zero-order chi connectivity index (χ0) is 16.0. The number of fused-ring (bicyclic) bond motifs is 3. The lowest BCUT2D eigenvalue weighted by Gasteiger charge is -2.46. The first-order valence-electron chi connectivity index (χ1n) is 9.05. The normalized spacial score (nSPS) is 40.4. The highest BCUT2D eigenvalue weighted by atomic mass is 28.3. The van der Waals surface area contributed by atoms with Crippen LogP contribution in [0.2, 0.25) is 18.6 Å². The molecule has 1 aliphatic heterocycles. The monoisotopic (exact) mass is 324 g/mol. The summed E-state index contributed by atoms with van der Waals surface area (Å²) in [7, 11) is -1.62. The minimum absolute atomic E-state index is 0.486. The van der Waals surface area contributed by atoms with E-state index in [1.165, 1.54) is 0 Å². The highest BCUT2D eigenvalue weighted by Crippen LogP contribution is 2.58. The van der Waals surface area contributed by atoms with Gasteiger partial charge in [-0.25, -0.2) is 0 Å². The first-order valence-corrected chi connectivity index (χ1v) is 12.1. The molecule has 1 heterocycles. The highest BCUT2D eigenvalue weighted by molar-refractivity contribution is 6.76. The smallest absolute Gasteiger partial charge is 0.156 e. The Morgan fingerprint density at radius 3 is 1.91 bits per heavy atom. The van der Waals surface area contributed by atoms with Gasteiger partial charge in [-0.1, -0.05) is 68.6 Å². The fourth-order valence-corrected chi connectivity index (χ4v) is 9.88. The molecule has 0 amide bonds. The lowest BCUT2D eigenvalue weighted by atomic mass is 9.83. The summed E-state index contributed by atoms with van der Waals surface area (Å²) in [5.74, 6) is 2.75. The average molecular weight is 325 g/mol. The van der Waals surface area contributed by atoms with Gasteiger partial charge in [-0.2, -0.15) is 0 Å². The summed E-state index contributed by atoms with van der Waals surface area (Å²) in [6, 6.07) is 0. The molecule has 4 rings (SSSR count). The summed E-state index contributed by atoms with van der Waals surface area (Å²) >= 11 is 0. The van der Waals surface area contributed by atoms with Crippen LogP contribution in [0.15, 0.2) is 61.0 Å². The third-order valence-corrected chi connectivity index (χ3v) is 10.6. The molecule has 122 valence electrons. The summed E-state index contributed by atoms with van der Waals surface area (Å²) in [5, 5.41) is 3.55. The number of hydrogen-bond donors (Lipinski definition) is 1. The summed E-state index contributed by atoms with van der Waals surface area (Å²) in [4.78, 5) is 0. The first kappa shape index (κ1) is 15.1. The fourth-order valence-electron chi connectivity index (χ4n) is 5.47. The Balaban J connectivity index is 1.72. The summed E-state index contributed by atoms with van der Waals surface area (Å²) in [5.41, 5.74) is 0.762. The maximum Gasteiger partial charge on any atom is 0.156 e. The third kappa shape index (κ3) is 2.20. The van der Waals surface area contributed by atoms with Crippen molar-refractivity contribution in [2.75, 3.05) is 0 Å². The van der Waals surface area contributed by atoms with Crippen molar-refractivity contribution in [1.29, 1.82) is 0 Å². The quantitative estimate of drug-likeness (QED) is 0.774. The summed E-state index contributed by atoms with van der Waals surface area (Å²) < 4.78 is 2.70. The molecular formula is C20H28N2Si. The average Bonchev–Trinajstić information content (AvgIpc) is 3.18. The largest absolute Gasteiger partial charge is 0.383 e. The van der Waals surface area contributed by atoms with E-state index < -0.39 is 8.24 Å². The molecule has 0 aromatic rings. The van der Waals surface area contributed by atoms with E-state index in [1.807, 2.05) is 0 Å². The van der Waals surface area contributed by atoms with E-state index in [0.717, 1.165) is 12.0 Å². The van der Waals surface area contributed by atoms with E-state index in [1.54, 1.807) is 0 Å². The Morgan fingerprint density at radius 2 is 1.39 bits per heavy atom. The number of nitrogens with zero attached hydrogens (tertiary/aromatic N) is 1. The molecule has 1 fully saturated rings. The Morgan fingerprint density at radius 1 is 0.870 bits per heavy atom. The van der Waals surface area contributed by atoms with Crippen LogP contribution < -0.4 is 5.32 Å². The zero-order valence-electron chi connectivity index (χ0n) is 14.4. The predicted octanol–water partition coefficient (Wildman–Crippen LogP) is 4.40. The molecule has 1 N–H and O–H groups in total. The van der Waals surface area contributed by atoms with E-state index in [9.17, 15) is 0 Å². The second-order valence-electron chi connectivity index (χ2n) is 7.84. The van der Waals surface area contributed by atoms with Crippen LogP contribution in [0.1, 0.15) is 13.3 Å². The van der Waals surface area contributed by atoms with E-state index in [-0.39, 0.29) is 0 Å². The summed E-state index contributed by atoms with van der Waals surface area (Å²) in [6.45, 7) is 7.44. The van der Waals surface area contributed by atoms with Gasteiger partial charge in [-0.3, -0.25) is 0 Å². The molecule has 0 aromatic carbocycles. The molecule has 3 heteroatoms. The van der Waals surface area contributed by atoms with Gasteiger partial charge >= 0.3 is 0 Å². The minimum Gasteiger partial charge on any atom is -0.383 e. The molecule has 0 spiro atoms. The van der Waals surface area contributed by atoms with Crippen LogP contribution in [-0.2, 0) is 0 Å². The van der Waals surface area contributed by atoms with Crippen molar-refractivity contribution in [3.8, 4) is 0 Å². The second-order valence-corrected chi connectivity index (χ2v) is 12.3. The molecule has 5 atom stereocenters. The maximum atomic E-state index is 3.55. The topological polar surface area (TPSA) is 15.3 Å². The zero-order valence-corrected chi connectivity index (χ0v) is 15.4. The van der Waals surface area contributed by atoms with Crippen molar-refractivity contribution in [2.45, 2.75) is 38.1 Å². The van der Waals surface area contributed by atoms with Gasteiger partial charge in [0.15, 0.2) is 8.24 Å². The molecule has 1 saturated carbocycles. The van der Waals surface area contributed by atoms with Gasteiger partial charge in [0.25, 0.3) is 0 Å². The second kappa shape index (κ2) is 5.55. The molecule has 4 unspecified atom stereocenters. The SMILES string of the molecule is CC[C@H]1NC=CN1[Si](C)(C)C1C2C=CC=CC2C2C=CC=CC21. The van der Waals surface area contributed by atoms with Crippen molar-refractivity contribution in [1.82, 2.24) is 9.88 Å². The molecule has 2 nitrogen and oxygen atoms in total. The van der Waals surface area contributed by atoms with Crippen molar-refractivity contribution in [2.24, 2.45) is 23.7 Å². The van der Waals surface area contributed by atoms with Crippen LogP contribution in [0.25, 0.3) is 0 Å². The Bertz CT molecular complexity index is 579. The van der Waals surface area contributed by atoms with E-state index in [2.05, 4.69) is 90.9 Å². The lowest BCUT2D eigenvalue weighted by molar-refractivity contribution is 0.370. The van der Waals surface area contributed by atoms with Gasteiger partial charge in [0.1, 0.15) is 0 Å². The van der Waals surface area contributed by atoms with Gasteiger partial charge in [0.2, 0.25) is 0 Å². The molecule has 3 aliphatic carbocycles. The van der Waals surface area contributed by atoms with Gasteiger partial charge in [0.05, 0.1) is 6.17 Å². The van der Waals surface area contributed by atoms with Gasteiger partial charge in [0, 0.05) is 12.4 Å². The minimum atomic E-state index is -1.62. The molecular weight excluding hydrogens is 296 g/mol. The van der Waals surface area contributed by atoms with Crippen LogP contribution in [0.4, 0.5) is 0 Å². The molecule has 0 radical (unpaired) electrons.